The minimum atomic E-state index is 0.446. The third-order valence-corrected chi connectivity index (χ3v) is 2.34. The van der Waals surface area contributed by atoms with E-state index in [2.05, 4.69) is 31.1 Å². The first-order valence-electron chi connectivity index (χ1n) is 4.90. The van der Waals surface area contributed by atoms with Crippen molar-refractivity contribution in [1.29, 1.82) is 0 Å². The molecule has 0 aliphatic rings. The summed E-state index contributed by atoms with van der Waals surface area (Å²) in [6.07, 6.45) is 1.74. The molecule has 0 amide bonds. The average molecular weight is 194 g/mol. The third kappa shape index (κ3) is 2.91. The molecule has 3 heteroatoms. The number of pyridine rings is 1. The van der Waals surface area contributed by atoms with E-state index in [4.69, 9.17) is 4.74 Å². The summed E-state index contributed by atoms with van der Waals surface area (Å²) >= 11 is 0. The van der Waals surface area contributed by atoms with E-state index < -0.39 is 0 Å². The largest absolute Gasteiger partial charge is 0.481 e. The van der Waals surface area contributed by atoms with Gasteiger partial charge in [0.1, 0.15) is 0 Å². The molecule has 1 rings (SSSR count). The summed E-state index contributed by atoms with van der Waals surface area (Å²) in [6.45, 7) is 6.55. The van der Waals surface area contributed by atoms with Crippen LogP contribution in [0.2, 0.25) is 0 Å². The molecular formula is C11H18N2O. The van der Waals surface area contributed by atoms with Crippen molar-refractivity contribution in [3.63, 3.8) is 0 Å². The third-order valence-electron chi connectivity index (χ3n) is 2.34. The van der Waals surface area contributed by atoms with Crippen molar-refractivity contribution in [2.75, 3.05) is 12.4 Å². The van der Waals surface area contributed by atoms with E-state index in [1.165, 1.54) is 0 Å². The maximum atomic E-state index is 5.05. The Balaban J connectivity index is 2.66. The Labute approximate surface area is 85.5 Å². The summed E-state index contributed by atoms with van der Waals surface area (Å²) in [5.74, 6) is 1.25. The molecule has 3 nitrogen and oxygen atoms in total. The average Bonchev–Trinajstić information content (AvgIpc) is 2.18. The highest BCUT2D eigenvalue weighted by atomic mass is 16.5. The number of hydrogen-bond donors (Lipinski definition) is 1. The quantitative estimate of drug-likeness (QED) is 0.799. The number of aromatic nitrogens is 1. The van der Waals surface area contributed by atoms with Gasteiger partial charge in [0, 0.05) is 24.0 Å². The molecule has 78 valence electrons. The van der Waals surface area contributed by atoms with E-state index in [1.807, 2.05) is 12.1 Å². The number of methoxy groups -OCH3 is 1. The zero-order valence-electron chi connectivity index (χ0n) is 9.24. The van der Waals surface area contributed by atoms with Crippen LogP contribution in [-0.4, -0.2) is 18.1 Å². The van der Waals surface area contributed by atoms with Gasteiger partial charge in [-0.25, -0.2) is 4.98 Å². The van der Waals surface area contributed by atoms with E-state index in [-0.39, 0.29) is 0 Å². The lowest BCUT2D eigenvalue weighted by Crippen LogP contribution is -2.21. The standard InChI is InChI=1S/C11H18N2O/c1-8(2)9(3)13-10-5-6-12-11(7-10)14-4/h5-9H,1-4H3,(H,12,13). The van der Waals surface area contributed by atoms with Gasteiger partial charge >= 0.3 is 0 Å². The van der Waals surface area contributed by atoms with Crippen molar-refractivity contribution in [3.8, 4) is 5.88 Å². The highest BCUT2D eigenvalue weighted by Gasteiger charge is 2.06. The van der Waals surface area contributed by atoms with Gasteiger partial charge in [-0.3, -0.25) is 0 Å². The maximum absolute atomic E-state index is 5.05. The minimum absolute atomic E-state index is 0.446. The Bertz CT molecular complexity index is 286. The first kappa shape index (κ1) is 10.8. The molecule has 0 radical (unpaired) electrons. The van der Waals surface area contributed by atoms with Crippen LogP contribution >= 0.6 is 0 Å². The van der Waals surface area contributed by atoms with Crippen LogP contribution in [0, 0.1) is 5.92 Å². The molecule has 0 bridgehead atoms. The lowest BCUT2D eigenvalue weighted by Gasteiger charge is -2.18. The van der Waals surface area contributed by atoms with Crippen LogP contribution < -0.4 is 10.1 Å². The maximum Gasteiger partial charge on any atom is 0.214 e. The fourth-order valence-corrected chi connectivity index (χ4v) is 1.04. The molecular weight excluding hydrogens is 176 g/mol. The van der Waals surface area contributed by atoms with Crippen LogP contribution in [0.5, 0.6) is 5.88 Å². The molecule has 1 atom stereocenters. The van der Waals surface area contributed by atoms with Gasteiger partial charge in [-0.2, -0.15) is 0 Å². The SMILES string of the molecule is COc1cc(NC(C)C(C)C)ccn1. The first-order chi connectivity index (χ1) is 6.63. The van der Waals surface area contributed by atoms with Gasteiger partial charge in [-0.05, 0) is 18.9 Å². The van der Waals surface area contributed by atoms with Gasteiger partial charge in [0.25, 0.3) is 0 Å². The van der Waals surface area contributed by atoms with Crippen molar-refractivity contribution in [3.05, 3.63) is 18.3 Å². The highest BCUT2D eigenvalue weighted by Crippen LogP contribution is 2.16. The summed E-state index contributed by atoms with van der Waals surface area (Å²) in [6, 6.07) is 4.29. The lowest BCUT2D eigenvalue weighted by molar-refractivity contribution is 0.398. The molecule has 0 saturated heterocycles. The number of ether oxygens (including phenoxy) is 1. The van der Waals surface area contributed by atoms with Gasteiger partial charge in [0.05, 0.1) is 7.11 Å². The number of rotatable bonds is 4. The zero-order chi connectivity index (χ0) is 10.6. The van der Waals surface area contributed by atoms with Gasteiger partial charge in [0.15, 0.2) is 0 Å². The molecule has 0 aliphatic heterocycles. The molecule has 0 saturated carbocycles. The number of hydrogen-bond acceptors (Lipinski definition) is 3. The minimum Gasteiger partial charge on any atom is -0.481 e. The van der Waals surface area contributed by atoms with Gasteiger partial charge < -0.3 is 10.1 Å². The summed E-state index contributed by atoms with van der Waals surface area (Å²) in [4.78, 5) is 4.05. The van der Waals surface area contributed by atoms with E-state index in [0.717, 1.165) is 5.69 Å². The van der Waals surface area contributed by atoms with Gasteiger partial charge in [-0.1, -0.05) is 13.8 Å². The van der Waals surface area contributed by atoms with Crippen LogP contribution in [0.25, 0.3) is 0 Å². The summed E-state index contributed by atoms with van der Waals surface area (Å²) in [7, 11) is 1.62. The Hall–Kier alpha value is -1.25. The first-order valence-corrected chi connectivity index (χ1v) is 4.90. The molecule has 14 heavy (non-hydrogen) atoms. The normalized spacial score (nSPS) is 12.6. The molecule has 0 fully saturated rings. The molecule has 1 aromatic rings. The Kier molecular flexibility index (Phi) is 3.74. The summed E-state index contributed by atoms with van der Waals surface area (Å²) < 4.78 is 5.05. The molecule has 0 aromatic carbocycles. The van der Waals surface area contributed by atoms with Crippen molar-refractivity contribution in [2.24, 2.45) is 5.92 Å². The van der Waals surface area contributed by atoms with Crippen LogP contribution in [0.4, 0.5) is 5.69 Å². The highest BCUT2D eigenvalue weighted by molar-refractivity contribution is 5.45. The smallest absolute Gasteiger partial charge is 0.214 e. The summed E-state index contributed by atoms with van der Waals surface area (Å²) in [5, 5.41) is 3.40. The van der Waals surface area contributed by atoms with Crippen molar-refractivity contribution >= 4 is 5.69 Å². The second-order valence-corrected chi connectivity index (χ2v) is 3.76. The van der Waals surface area contributed by atoms with Crippen LogP contribution in [-0.2, 0) is 0 Å². The molecule has 1 unspecified atom stereocenters. The fraction of sp³-hybridized carbons (Fsp3) is 0.545. The molecule has 1 N–H and O–H groups in total. The summed E-state index contributed by atoms with van der Waals surface area (Å²) in [5.41, 5.74) is 1.05. The van der Waals surface area contributed by atoms with E-state index in [0.29, 0.717) is 17.8 Å². The van der Waals surface area contributed by atoms with Crippen LogP contribution in [0.3, 0.4) is 0 Å². The second kappa shape index (κ2) is 4.84. The van der Waals surface area contributed by atoms with Crippen molar-refractivity contribution in [2.45, 2.75) is 26.8 Å². The van der Waals surface area contributed by atoms with E-state index in [9.17, 15) is 0 Å². The lowest BCUT2D eigenvalue weighted by atomic mass is 10.1. The monoisotopic (exact) mass is 194 g/mol. The Morgan fingerprint density at radius 2 is 2.07 bits per heavy atom. The van der Waals surface area contributed by atoms with Crippen molar-refractivity contribution < 1.29 is 4.74 Å². The van der Waals surface area contributed by atoms with Gasteiger partial charge in [-0.15, -0.1) is 0 Å². The topological polar surface area (TPSA) is 34.1 Å². The van der Waals surface area contributed by atoms with Gasteiger partial charge in [0.2, 0.25) is 5.88 Å². The predicted molar refractivity (Wildman–Crippen MR) is 58.7 cm³/mol. The van der Waals surface area contributed by atoms with Crippen LogP contribution in [0.1, 0.15) is 20.8 Å². The van der Waals surface area contributed by atoms with E-state index in [1.54, 1.807) is 13.3 Å². The molecule has 0 aliphatic carbocycles. The van der Waals surface area contributed by atoms with Crippen molar-refractivity contribution in [1.82, 2.24) is 4.98 Å². The van der Waals surface area contributed by atoms with E-state index >= 15 is 0 Å². The predicted octanol–water partition coefficient (Wildman–Crippen LogP) is 2.55. The molecule has 1 aromatic heterocycles. The number of anilines is 1. The number of nitrogens with zero attached hydrogens (tertiary/aromatic N) is 1. The zero-order valence-corrected chi connectivity index (χ0v) is 9.24. The van der Waals surface area contributed by atoms with Crippen LogP contribution in [0.15, 0.2) is 18.3 Å². The molecule has 1 heterocycles. The number of nitrogens with one attached hydrogen (secondary N) is 1. The fourth-order valence-electron chi connectivity index (χ4n) is 1.04. The Morgan fingerprint density at radius 3 is 2.64 bits per heavy atom. The molecule has 0 spiro atoms. The Morgan fingerprint density at radius 1 is 1.36 bits per heavy atom. The second-order valence-electron chi connectivity index (χ2n) is 3.76.